The number of hydrogen-bond donors (Lipinski definition) is 0. The van der Waals surface area contributed by atoms with Gasteiger partial charge in [0.1, 0.15) is 0 Å². The van der Waals surface area contributed by atoms with Crippen molar-refractivity contribution in [2.45, 2.75) is 166 Å². The van der Waals surface area contributed by atoms with E-state index in [2.05, 4.69) is 37.5 Å². The Morgan fingerprint density at radius 2 is 1.08 bits per heavy atom. The molecule has 0 N–H and O–H groups in total. The molecular weight excluding hydrogens is 619 g/mol. The van der Waals surface area contributed by atoms with E-state index in [0.29, 0.717) is 18.7 Å². The van der Waals surface area contributed by atoms with Crippen LogP contribution in [0.4, 0.5) is 0 Å². The summed E-state index contributed by atoms with van der Waals surface area (Å²) in [6, 6.07) is 0.814. The summed E-state index contributed by atoms with van der Waals surface area (Å²) in [5.74, 6) is 0. The SMILES string of the molecule is C1CCC([PH+](C2CCCCC2)C2CCCCC2)CC1.CCO[CH]=[Ru]([Cl])([Cl])=[C]1N(C(C)C)CCCN1C(C)C. The Balaban J connectivity index is 0.000000211. The Kier molecular flexibility index (Phi) is 15.4. The first-order valence-corrected chi connectivity index (χ1v) is 24.2. The molecule has 0 radical (unpaired) electrons. The Morgan fingerprint density at radius 1 is 0.711 bits per heavy atom. The van der Waals surface area contributed by atoms with Crippen molar-refractivity contribution in [1.29, 1.82) is 0 Å². The molecule has 0 amide bonds. The zero-order valence-electron chi connectivity index (χ0n) is 25.3. The van der Waals surface area contributed by atoms with Crippen LogP contribution in [0.3, 0.4) is 0 Å². The standard InChI is InChI=1S/C18H33P.C10H20N2.C3H6O.2ClH.Ru/c1-4-10-16(11-5-1)19(17-12-6-2-7-13-17)18-14-8-3-9-15-18;1-9(2)11-6-5-7-12(8-11)10(3)4;1-3-4-2;;;/h16-18H,1-15H2;9-10H,5-7H2,1-4H3;2H,3H2,1H3;2*1H;/q;;;;;+2/p-1. The van der Waals surface area contributed by atoms with Gasteiger partial charge in [-0.15, -0.1) is 0 Å². The fourth-order valence-electron chi connectivity index (χ4n) is 7.43. The fraction of sp³-hybridized carbons (Fsp3) is 0.935. The maximum absolute atomic E-state index is 6.71. The van der Waals surface area contributed by atoms with Crippen LogP contribution in [0, 0.1) is 0 Å². The molecule has 4 rings (SSSR count). The van der Waals surface area contributed by atoms with Gasteiger partial charge in [0.05, 0.1) is 17.0 Å². The van der Waals surface area contributed by atoms with Crippen LogP contribution in [0.25, 0.3) is 0 Å². The van der Waals surface area contributed by atoms with Gasteiger partial charge in [0.2, 0.25) is 0 Å². The molecule has 0 atom stereocenters. The summed E-state index contributed by atoms with van der Waals surface area (Å²) < 4.78 is 6.54. The quantitative estimate of drug-likeness (QED) is 0.197. The van der Waals surface area contributed by atoms with Crippen molar-refractivity contribution in [3.63, 3.8) is 0 Å². The predicted molar refractivity (Wildman–Crippen MR) is 172 cm³/mol. The van der Waals surface area contributed by atoms with Crippen molar-refractivity contribution in [3.8, 4) is 0 Å². The molecule has 0 aromatic rings. The number of halogens is 2. The van der Waals surface area contributed by atoms with Crippen molar-refractivity contribution >= 4 is 36.5 Å². The van der Waals surface area contributed by atoms with Gasteiger partial charge in [-0.25, -0.2) is 0 Å². The molecule has 0 aromatic carbocycles. The zero-order chi connectivity index (χ0) is 27.5. The Hall–Kier alpha value is 1.25. The number of hydrogen-bond acceptors (Lipinski definition) is 3. The van der Waals surface area contributed by atoms with E-state index in [1.165, 1.54) is 17.0 Å². The van der Waals surface area contributed by atoms with Crippen molar-refractivity contribution in [3.05, 3.63) is 0 Å². The topological polar surface area (TPSA) is 15.7 Å². The molecule has 1 saturated heterocycles. The molecule has 3 aliphatic carbocycles. The van der Waals surface area contributed by atoms with E-state index in [9.17, 15) is 0 Å². The monoisotopic (exact) mass is 679 g/mol. The van der Waals surface area contributed by atoms with Gasteiger partial charge in [-0.1, -0.05) is 19.3 Å². The summed E-state index contributed by atoms with van der Waals surface area (Å²) in [5.41, 5.74) is 3.68. The molecule has 0 aromatic heterocycles. The van der Waals surface area contributed by atoms with Gasteiger partial charge >= 0.3 is 128 Å². The third-order valence-corrected chi connectivity index (χ3v) is 18.8. The third-order valence-electron chi connectivity index (χ3n) is 9.28. The average Bonchev–Trinajstić information content (AvgIpc) is 2.94. The predicted octanol–water partition coefficient (Wildman–Crippen LogP) is 9.35. The first-order chi connectivity index (χ1) is 18.3. The molecular formula is C31H60Cl2N2OPRu+. The van der Waals surface area contributed by atoms with Crippen molar-refractivity contribution in [2.75, 3.05) is 19.7 Å². The van der Waals surface area contributed by atoms with Crippen LogP contribution >= 0.6 is 27.3 Å². The molecule has 4 aliphatic rings. The normalized spacial score (nSPS) is 24.6. The molecule has 3 nitrogen and oxygen atoms in total. The molecule has 0 unspecified atom stereocenters. The van der Waals surface area contributed by atoms with Crippen LogP contribution in [0.2, 0.25) is 0 Å². The number of ether oxygens (including phenoxy) is 1. The molecule has 4 fully saturated rings. The first kappa shape index (κ1) is 33.8. The van der Waals surface area contributed by atoms with E-state index in [4.69, 9.17) is 24.1 Å². The molecule has 7 heteroatoms. The fourth-order valence-corrected chi connectivity index (χ4v) is 18.5. The van der Waals surface area contributed by atoms with E-state index >= 15 is 0 Å². The molecule has 226 valence electrons. The van der Waals surface area contributed by atoms with Crippen molar-refractivity contribution in [2.24, 2.45) is 0 Å². The minimum atomic E-state index is -3.07. The van der Waals surface area contributed by atoms with Crippen LogP contribution in [0.5, 0.6) is 0 Å². The van der Waals surface area contributed by atoms with Crippen LogP contribution < -0.4 is 0 Å². The molecule has 1 aliphatic heterocycles. The second-order valence-corrected chi connectivity index (χ2v) is 25.3. The van der Waals surface area contributed by atoms with E-state index in [0.717, 1.165) is 23.9 Å². The number of rotatable bonds is 7. The van der Waals surface area contributed by atoms with Crippen LogP contribution in [-0.2, 0) is 16.6 Å². The Morgan fingerprint density at radius 3 is 1.39 bits per heavy atom. The molecule has 0 bridgehead atoms. The summed E-state index contributed by atoms with van der Waals surface area (Å²) in [6.07, 6.45) is 24.9. The van der Waals surface area contributed by atoms with Crippen LogP contribution in [0.1, 0.15) is 137 Å². The van der Waals surface area contributed by atoms with E-state index in [1.807, 2.05) is 6.92 Å². The summed E-state index contributed by atoms with van der Waals surface area (Å²) in [4.78, 5) is 6.42. The van der Waals surface area contributed by atoms with Crippen LogP contribution in [-0.4, -0.2) is 67.7 Å². The van der Waals surface area contributed by atoms with E-state index < -0.39 is 11.9 Å². The summed E-state index contributed by atoms with van der Waals surface area (Å²) in [5, 5.41) is 0. The summed E-state index contributed by atoms with van der Waals surface area (Å²) in [6.45, 7) is 13.4. The van der Waals surface area contributed by atoms with Gasteiger partial charge in [-0.05, 0) is 77.0 Å². The van der Waals surface area contributed by atoms with Gasteiger partial charge in [0.15, 0.2) is 0 Å². The molecule has 1 heterocycles. The van der Waals surface area contributed by atoms with E-state index in [-0.39, 0.29) is 7.92 Å². The summed E-state index contributed by atoms with van der Waals surface area (Å²) in [7, 11) is 13.4. The maximum atomic E-state index is 6.71. The van der Waals surface area contributed by atoms with Crippen molar-refractivity contribution < 1.29 is 16.6 Å². The van der Waals surface area contributed by atoms with Gasteiger partial charge in [0.25, 0.3) is 0 Å². The second-order valence-electron chi connectivity index (χ2n) is 12.7. The third kappa shape index (κ3) is 9.92. The molecule has 0 spiro atoms. The second kappa shape index (κ2) is 17.4. The van der Waals surface area contributed by atoms with E-state index in [1.54, 1.807) is 101 Å². The van der Waals surface area contributed by atoms with Crippen molar-refractivity contribution in [1.82, 2.24) is 9.80 Å². The summed E-state index contributed by atoms with van der Waals surface area (Å²) >= 11 is -3.07. The Labute approximate surface area is 247 Å². The molecule has 38 heavy (non-hydrogen) atoms. The average molecular weight is 680 g/mol. The van der Waals surface area contributed by atoms with Gasteiger partial charge < -0.3 is 0 Å². The van der Waals surface area contributed by atoms with Crippen LogP contribution in [0.15, 0.2) is 0 Å². The molecule has 3 saturated carbocycles. The number of nitrogens with zero attached hydrogens (tertiary/aromatic N) is 2. The first-order valence-electron chi connectivity index (χ1n) is 16.1. The van der Waals surface area contributed by atoms with Gasteiger partial charge in [-0.2, -0.15) is 0 Å². The van der Waals surface area contributed by atoms with Gasteiger partial charge in [-0.3, -0.25) is 0 Å². The Bertz CT molecular complexity index is 727. The van der Waals surface area contributed by atoms with Gasteiger partial charge in [0, 0.05) is 7.92 Å². The zero-order valence-corrected chi connectivity index (χ0v) is 29.6. The minimum absolute atomic E-state index is 0.0465.